The topological polar surface area (TPSA) is 58.4 Å². The largest absolute Gasteiger partial charge is 0.368 e. The Bertz CT molecular complexity index is 1430. The van der Waals surface area contributed by atoms with Crippen molar-refractivity contribution in [2.24, 2.45) is 0 Å². The number of anilines is 1. The van der Waals surface area contributed by atoms with Gasteiger partial charge in [-0.1, -0.05) is 30.3 Å². The SMILES string of the molecule is Cc1cccc(N2CCN(C(=O)[C@H](C)n3nc(C)c4sc5ccccc5c4c3=O)CC2)c1C. The second-order valence-corrected chi connectivity index (χ2v) is 9.90. The summed E-state index contributed by atoms with van der Waals surface area (Å²) in [6.45, 7) is 10.8. The number of thiophene rings is 1. The van der Waals surface area contributed by atoms with Crippen LogP contribution in [0, 0.1) is 20.8 Å². The van der Waals surface area contributed by atoms with Crippen LogP contribution in [0.25, 0.3) is 20.2 Å². The lowest BCUT2D eigenvalue weighted by atomic mass is 10.1. The van der Waals surface area contributed by atoms with Gasteiger partial charge in [0, 0.05) is 42.0 Å². The molecule has 2 aromatic carbocycles. The van der Waals surface area contributed by atoms with Crippen LogP contribution in [0.2, 0.25) is 0 Å². The molecule has 1 aliphatic heterocycles. The van der Waals surface area contributed by atoms with Gasteiger partial charge in [-0.25, -0.2) is 4.68 Å². The van der Waals surface area contributed by atoms with Crippen molar-refractivity contribution >= 4 is 43.1 Å². The van der Waals surface area contributed by atoms with Crippen LogP contribution in [0.1, 0.15) is 29.8 Å². The first-order valence-corrected chi connectivity index (χ1v) is 12.2. The fraction of sp³-hybridized carbons (Fsp3) is 0.346. The first-order chi connectivity index (χ1) is 15.9. The van der Waals surface area contributed by atoms with E-state index in [0.29, 0.717) is 18.5 Å². The number of hydrogen-bond acceptors (Lipinski definition) is 5. The molecule has 1 fully saturated rings. The third-order valence-corrected chi connectivity index (χ3v) is 8.12. The second kappa shape index (κ2) is 8.30. The molecule has 7 heteroatoms. The van der Waals surface area contributed by atoms with Crippen LogP contribution in [0.15, 0.2) is 47.3 Å². The maximum absolute atomic E-state index is 13.4. The number of aryl methyl sites for hydroxylation is 2. The summed E-state index contributed by atoms with van der Waals surface area (Å²) >= 11 is 1.58. The summed E-state index contributed by atoms with van der Waals surface area (Å²) in [6.07, 6.45) is 0. The molecule has 0 unspecified atom stereocenters. The lowest BCUT2D eigenvalue weighted by Gasteiger charge is -2.38. The summed E-state index contributed by atoms with van der Waals surface area (Å²) in [5.41, 5.74) is 4.39. The van der Waals surface area contributed by atoms with Gasteiger partial charge in [0.05, 0.1) is 15.8 Å². The molecule has 1 saturated heterocycles. The van der Waals surface area contributed by atoms with E-state index in [4.69, 9.17) is 0 Å². The van der Waals surface area contributed by atoms with Gasteiger partial charge in [0.25, 0.3) is 5.56 Å². The van der Waals surface area contributed by atoms with Crippen LogP contribution >= 0.6 is 11.3 Å². The Morgan fingerprint density at radius 1 is 1.00 bits per heavy atom. The minimum atomic E-state index is -0.647. The van der Waals surface area contributed by atoms with E-state index in [1.54, 1.807) is 18.3 Å². The zero-order valence-corrected chi connectivity index (χ0v) is 20.3. The Labute approximate surface area is 197 Å². The molecule has 0 radical (unpaired) electrons. The Morgan fingerprint density at radius 3 is 2.48 bits per heavy atom. The quantitative estimate of drug-likeness (QED) is 0.453. The molecule has 0 saturated carbocycles. The molecule has 1 atom stereocenters. The highest BCUT2D eigenvalue weighted by molar-refractivity contribution is 7.26. The van der Waals surface area contributed by atoms with E-state index in [1.165, 1.54) is 21.5 Å². The number of nitrogens with zero attached hydrogens (tertiary/aromatic N) is 4. The smallest absolute Gasteiger partial charge is 0.276 e. The van der Waals surface area contributed by atoms with Crippen LogP contribution in [-0.4, -0.2) is 46.8 Å². The van der Waals surface area contributed by atoms with Crippen molar-refractivity contribution in [3.05, 3.63) is 69.6 Å². The first kappa shape index (κ1) is 21.6. The molecule has 2 aromatic heterocycles. The zero-order chi connectivity index (χ0) is 23.3. The fourth-order valence-corrected chi connectivity index (χ4v) is 5.89. The zero-order valence-electron chi connectivity index (χ0n) is 19.5. The number of rotatable bonds is 3. The number of amides is 1. The van der Waals surface area contributed by atoms with Gasteiger partial charge in [0.2, 0.25) is 5.91 Å². The summed E-state index contributed by atoms with van der Waals surface area (Å²) in [5.74, 6) is -0.0523. The van der Waals surface area contributed by atoms with Crippen molar-refractivity contribution < 1.29 is 4.79 Å². The molecule has 0 bridgehead atoms. The maximum atomic E-state index is 13.4. The minimum Gasteiger partial charge on any atom is -0.368 e. The highest BCUT2D eigenvalue weighted by atomic mass is 32.1. The van der Waals surface area contributed by atoms with Crippen molar-refractivity contribution in [1.82, 2.24) is 14.7 Å². The van der Waals surface area contributed by atoms with Gasteiger partial charge in [-0.05, 0) is 51.0 Å². The molecule has 6 nitrogen and oxygen atoms in total. The molecule has 170 valence electrons. The second-order valence-electron chi connectivity index (χ2n) is 8.84. The number of carbonyl (C=O) groups is 1. The van der Waals surface area contributed by atoms with Gasteiger partial charge in [0.1, 0.15) is 6.04 Å². The van der Waals surface area contributed by atoms with E-state index in [-0.39, 0.29) is 11.5 Å². The predicted molar refractivity (Wildman–Crippen MR) is 136 cm³/mol. The average Bonchev–Trinajstić information content (AvgIpc) is 3.23. The fourth-order valence-electron chi connectivity index (χ4n) is 4.76. The molecular formula is C26H28N4O2S. The van der Waals surface area contributed by atoms with E-state index in [1.807, 2.05) is 36.1 Å². The van der Waals surface area contributed by atoms with Crippen LogP contribution in [0.4, 0.5) is 5.69 Å². The van der Waals surface area contributed by atoms with Gasteiger partial charge in [0.15, 0.2) is 0 Å². The summed E-state index contributed by atoms with van der Waals surface area (Å²) in [5, 5.41) is 6.16. The van der Waals surface area contributed by atoms with Gasteiger partial charge in [-0.15, -0.1) is 11.3 Å². The van der Waals surface area contributed by atoms with E-state index < -0.39 is 6.04 Å². The normalized spacial score (nSPS) is 15.4. The van der Waals surface area contributed by atoms with Crippen LogP contribution in [0.3, 0.4) is 0 Å². The third-order valence-electron chi connectivity index (χ3n) is 6.84. The Balaban J connectivity index is 1.40. The highest BCUT2D eigenvalue weighted by Crippen LogP contribution is 2.33. The van der Waals surface area contributed by atoms with Crippen LogP contribution < -0.4 is 10.5 Å². The molecule has 5 rings (SSSR count). The van der Waals surface area contributed by atoms with Gasteiger partial charge >= 0.3 is 0 Å². The minimum absolute atomic E-state index is 0.0523. The summed E-state index contributed by atoms with van der Waals surface area (Å²) in [7, 11) is 0. The molecule has 33 heavy (non-hydrogen) atoms. The number of aromatic nitrogens is 2. The molecule has 0 spiro atoms. The molecule has 0 aliphatic carbocycles. The van der Waals surface area contributed by atoms with Crippen molar-refractivity contribution in [2.45, 2.75) is 33.7 Å². The van der Waals surface area contributed by atoms with Crippen molar-refractivity contribution in [3.8, 4) is 0 Å². The summed E-state index contributed by atoms with van der Waals surface area (Å²) in [4.78, 5) is 31.0. The van der Waals surface area contributed by atoms with Crippen molar-refractivity contribution in [3.63, 3.8) is 0 Å². The van der Waals surface area contributed by atoms with Gasteiger partial charge in [-0.2, -0.15) is 5.10 Å². The lowest BCUT2D eigenvalue weighted by molar-refractivity contribution is -0.135. The number of carbonyl (C=O) groups excluding carboxylic acids is 1. The predicted octanol–water partition coefficient (Wildman–Crippen LogP) is 4.45. The average molecular weight is 461 g/mol. The van der Waals surface area contributed by atoms with Crippen molar-refractivity contribution in [1.29, 1.82) is 0 Å². The number of hydrogen-bond donors (Lipinski definition) is 0. The number of benzene rings is 2. The molecule has 1 aliphatic rings. The molecule has 0 N–H and O–H groups in total. The monoisotopic (exact) mass is 460 g/mol. The maximum Gasteiger partial charge on any atom is 0.276 e. The molecule has 4 aromatic rings. The van der Waals surface area contributed by atoms with E-state index in [0.717, 1.165) is 33.6 Å². The molecular weight excluding hydrogens is 432 g/mol. The van der Waals surface area contributed by atoms with E-state index in [9.17, 15) is 9.59 Å². The lowest BCUT2D eigenvalue weighted by Crippen LogP contribution is -2.51. The van der Waals surface area contributed by atoms with Gasteiger partial charge < -0.3 is 9.80 Å². The Kier molecular flexibility index (Phi) is 5.44. The Hall–Kier alpha value is -3.19. The third kappa shape index (κ3) is 3.60. The van der Waals surface area contributed by atoms with Crippen LogP contribution in [-0.2, 0) is 4.79 Å². The summed E-state index contributed by atoms with van der Waals surface area (Å²) < 4.78 is 3.35. The van der Waals surface area contributed by atoms with Gasteiger partial charge in [-0.3, -0.25) is 9.59 Å². The number of fused-ring (bicyclic) bond motifs is 3. The number of piperazine rings is 1. The van der Waals surface area contributed by atoms with Crippen LogP contribution in [0.5, 0.6) is 0 Å². The standard InChI is InChI=1S/C26H28N4O2S/c1-16-8-7-10-21(17(16)2)28-12-14-29(15-13-28)25(31)19(4)30-26(32)23-20-9-5-6-11-22(20)33-24(23)18(3)27-30/h5-11,19H,12-15H2,1-4H3/t19-/m0/s1. The molecule has 3 heterocycles. The van der Waals surface area contributed by atoms with E-state index >= 15 is 0 Å². The molecule has 1 amide bonds. The van der Waals surface area contributed by atoms with Crippen molar-refractivity contribution in [2.75, 3.05) is 31.1 Å². The highest BCUT2D eigenvalue weighted by Gasteiger charge is 2.29. The summed E-state index contributed by atoms with van der Waals surface area (Å²) in [6, 6.07) is 13.6. The van der Waals surface area contributed by atoms with E-state index in [2.05, 4.69) is 42.0 Å². The Morgan fingerprint density at radius 2 is 1.73 bits per heavy atom. The first-order valence-electron chi connectivity index (χ1n) is 11.4.